The van der Waals surface area contributed by atoms with E-state index in [2.05, 4.69) is 15.9 Å². The van der Waals surface area contributed by atoms with E-state index in [0.717, 1.165) is 10.0 Å². The average molecular weight is 321 g/mol. The molecule has 0 N–H and O–H groups in total. The topological polar surface area (TPSA) is 17.1 Å². The molecule has 98 valence electrons. The van der Waals surface area contributed by atoms with Crippen LogP contribution in [0.25, 0.3) is 0 Å². The van der Waals surface area contributed by atoms with Gasteiger partial charge in [-0.1, -0.05) is 22.0 Å². The second kappa shape index (κ2) is 5.25. The number of aryl methyl sites for hydroxylation is 3. The molecule has 2 aromatic rings. The van der Waals surface area contributed by atoms with Gasteiger partial charge in [-0.05, 0) is 61.7 Å². The van der Waals surface area contributed by atoms with E-state index in [1.54, 1.807) is 32.0 Å². The Labute approximate surface area is 120 Å². The first kappa shape index (κ1) is 13.9. The lowest BCUT2D eigenvalue weighted by atomic mass is 9.96. The summed E-state index contributed by atoms with van der Waals surface area (Å²) >= 11 is 3.37. The highest BCUT2D eigenvalue weighted by atomic mass is 79.9. The van der Waals surface area contributed by atoms with Crippen molar-refractivity contribution in [3.05, 3.63) is 68.4 Å². The maximum absolute atomic E-state index is 13.6. The molecule has 1 nitrogen and oxygen atoms in total. The first-order valence-electron chi connectivity index (χ1n) is 5.97. The molecule has 0 aliphatic carbocycles. The summed E-state index contributed by atoms with van der Waals surface area (Å²) in [5.41, 5.74) is 3.07. The Morgan fingerprint density at radius 2 is 1.58 bits per heavy atom. The van der Waals surface area contributed by atoms with Crippen LogP contribution in [-0.4, -0.2) is 5.78 Å². The number of rotatable bonds is 2. The van der Waals surface area contributed by atoms with E-state index in [1.807, 2.05) is 19.1 Å². The van der Waals surface area contributed by atoms with Gasteiger partial charge in [-0.15, -0.1) is 0 Å². The normalized spacial score (nSPS) is 10.6. The van der Waals surface area contributed by atoms with E-state index >= 15 is 0 Å². The molecule has 0 saturated carbocycles. The van der Waals surface area contributed by atoms with Gasteiger partial charge in [0.1, 0.15) is 5.82 Å². The molecule has 0 spiro atoms. The van der Waals surface area contributed by atoms with Crippen LogP contribution in [0.15, 0.2) is 34.8 Å². The van der Waals surface area contributed by atoms with Crippen molar-refractivity contribution in [1.29, 1.82) is 0 Å². The van der Waals surface area contributed by atoms with E-state index in [-0.39, 0.29) is 11.6 Å². The van der Waals surface area contributed by atoms with Crippen molar-refractivity contribution in [1.82, 2.24) is 0 Å². The quantitative estimate of drug-likeness (QED) is 0.730. The van der Waals surface area contributed by atoms with E-state index in [1.165, 1.54) is 0 Å². The summed E-state index contributed by atoms with van der Waals surface area (Å²) in [6.07, 6.45) is 0. The van der Waals surface area contributed by atoms with Crippen LogP contribution in [0.5, 0.6) is 0 Å². The molecule has 2 rings (SSSR count). The second-order valence-corrected chi connectivity index (χ2v) is 5.63. The summed E-state index contributed by atoms with van der Waals surface area (Å²) in [5.74, 6) is -0.326. The summed E-state index contributed by atoms with van der Waals surface area (Å²) in [5, 5.41) is 0. The van der Waals surface area contributed by atoms with Crippen molar-refractivity contribution in [2.24, 2.45) is 0 Å². The smallest absolute Gasteiger partial charge is 0.193 e. The van der Waals surface area contributed by atoms with Crippen molar-refractivity contribution in [2.45, 2.75) is 20.8 Å². The van der Waals surface area contributed by atoms with Gasteiger partial charge in [-0.2, -0.15) is 0 Å². The highest BCUT2D eigenvalue weighted by molar-refractivity contribution is 9.10. The molecule has 0 atom stereocenters. The Kier molecular flexibility index (Phi) is 3.85. The number of hydrogen-bond donors (Lipinski definition) is 0. The van der Waals surface area contributed by atoms with Gasteiger partial charge in [0.05, 0.1) is 0 Å². The molecule has 0 aliphatic rings. The van der Waals surface area contributed by atoms with E-state index in [0.29, 0.717) is 22.3 Å². The molecule has 2 aromatic carbocycles. The van der Waals surface area contributed by atoms with Crippen LogP contribution in [-0.2, 0) is 0 Å². The molecule has 0 aromatic heterocycles. The van der Waals surface area contributed by atoms with Gasteiger partial charge in [0.25, 0.3) is 0 Å². The number of benzene rings is 2. The zero-order valence-electron chi connectivity index (χ0n) is 11.1. The molecule has 0 fully saturated rings. The van der Waals surface area contributed by atoms with Gasteiger partial charge in [0, 0.05) is 15.6 Å². The fourth-order valence-electron chi connectivity index (χ4n) is 2.07. The summed E-state index contributed by atoms with van der Waals surface area (Å²) in [6, 6.07) is 8.79. The third-order valence-corrected chi connectivity index (χ3v) is 3.64. The highest BCUT2D eigenvalue weighted by Crippen LogP contribution is 2.22. The fourth-order valence-corrected chi connectivity index (χ4v) is 2.43. The van der Waals surface area contributed by atoms with Crippen LogP contribution in [0, 0.1) is 26.6 Å². The lowest BCUT2D eigenvalue weighted by molar-refractivity contribution is 0.103. The monoisotopic (exact) mass is 320 g/mol. The molecule has 0 aliphatic heterocycles. The number of ketones is 1. The number of halogens is 2. The number of carbonyl (C=O) groups excluding carboxylic acids is 1. The number of carbonyl (C=O) groups is 1. The van der Waals surface area contributed by atoms with Crippen LogP contribution in [0.1, 0.15) is 32.6 Å². The Morgan fingerprint density at radius 1 is 1.00 bits per heavy atom. The predicted octanol–water partition coefficient (Wildman–Crippen LogP) is 4.74. The van der Waals surface area contributed by atoms with Crippen LogP contribution in [0.2, 0.25) is 0 Å². The van der Waals surface area contributed by atoms with Gasteiger partial charge in [0.15, 0.2) is 5.78 Å². The Balaban J connectivity index is 2.53. The predicted molar refractivity (Wildman–Crippen MR) is 78.2 cm³/mol. The largest absolute Gasteiger partial charge is 0.289 e. The first-order valence-corrected chi connectivity index (χ1v) is 6.77. The minimum Gasteiger partial charge on any atom is -0.289 e. The van der Waals surface area contributed by atoms with E-state index in [9.17, 15) is 9.18 Å². The molecule has 19 heavy (non-hydrogen) atoms. The first-order chi connectivity index (χ1) is 8.90. The third-order valence-electron chi connectivity index (χ3n) is 3.14. The molecule has 0 heterocycles. The van der Waals surface area contributed by atoms with Crippen LogP contribution >= 0.6 is 15.9 Å². The fraction of sp³-hybridized carbons (Fsp3) is 0.188. The molecule has 0 radical (unpaired) electrons. The minimum atomic E-state index is -0.248. The third kappa shape index (κ3) is 2.76. The molecule has 0 unspecified atom stereocenters. The van der Waals surface area contributed by atoms with Crippen molar-refractivity contribution >= 4 is 21.7 Å². The van der Waals surface area contributed by atoms with Crippen molar-refractivity contribution in [3.8, 4) is 0 Å². The number of hydrogen-bond acceptors (Lipinski definition) is 1. The van der Waals surface area contributed by atoms with Crippen LogP contribution < -0.4 is 0 Å². The lowest BCUT2D eigenvalue weighted by Gasteiger charge is -2.09. The Bertz CT molecular complexity index is 639. The van der Waals surface area contributed by atoms with Crippen molar-refractivity contribution in [2.75, 3.05) is 0 Å². The van der Waals surface area contributed by atoms with Gasteiger partial charge in [-0.25, -0.2) is 4.39 Å². The molecule has 0 bridgehead atoms. The molecular formula is C16H14BrFO. The molecule has 3 heteroatoms. The van der Waals surface area contributed by atoms with Crippen LogP contribution in [0.3, 0.4) is 0 Å². The Hall–Kier alpha value is -1.48. The summed E-state index contributed by atoms with van der Waals surface area (Å²) in [6.45, 7) is 5.24. The second-order valence-electron chi connectivity index (χ2n) is 4.71. The minimum absolute atomic E-state index is 0.0787. The van der Waals surface area contributed by atoms with Crippen molar-refractivity contribution < 1.29 is 9.18 Å². The standard InChI is InChI=1S/C16H14BrFO/c1-9-4-5-13(17)8-14(9)16(19)12-6-10(2)15(18)11(3)7-12/h4-8H,1-3H3. The molecule has 0 amide bonds. The van der Waals surface area contributed by atoms with E-state index < -0.39 is 0 Å². The van der Waals surface area contributed by atoms with Crippen molar-refractivity contribution in [3.63, 3.8) is 0 Å². The zero-order chi connectivity index (χ0) is 14.2. The molecule has 0 saturated heterocycles. The van der Waals surface area contributed by atoms with Gasteiger partial charge in [-0.3, -0.25) is 4.79 Å². The summed E-state index contributed by atoms with van der Waals surface area (Å²) in [7, 11) is 0. The lowest BCUT2D eigenvalue weighted by Crippen LogP contribution is -2.05. The maximum Gasteiger partial charge on any atom is 0.193 e. The SMILES string of the molecule is Cc1ccc(Br)cc1C(=O)c1cc(C)c(F)c(C)c1. The van der Waals surface area contributed by atoms with Gasteiger partial charge >= 0.3 is 0 Å². The molecular weight excluding hydrogens is 307 g/mol. The highest BCUT2D eigenvalue weighted by Gasteiger charge is 2.15. The average Bonchev–Trinajstić information content (AvgIpc) is 2.37. The maximum atomic E-state index is 13.6. The summed E-state index contributed by atoms with van der Waals surface area (Å²) < 4.78 is 14.5. The van der Waals surface area contributed by atoms with Gasteiger partial charge < -0.3 is 0 Å². The zero-order valence-corrected chi connectivity index (χ0v) is 12.6. The van der Waals surface area contributed by atoms with Crippen LogP contribution in [0.4, 0.5) is 4.39 Å². The Morgan fingerprint density at radius 3 is 2.16 bits per heavy atom. The summed E-state index contributed by atoms with van der Waals surface area (Å²) in [4.78, 5) is 12.5. The van der Waals surface area contributed by atoms with E-state index in [4.69, 9.17) is 0 Å². The van der Waals surface area contributed by atoms with Gasteiger partial charge in [0.2, 0.25) is 0 Å².